The predicted octanol–water partition coefficient (Wildman–Crippen LogP) is 3.51. The van der Waals surface area contributed by atoms with E-state index in [4.69, 9.17) is 4.52 Å². The molecule has 0 fully saturated rings. The Hall–Kier alpha value is -3.79. The molecule has 2 heterocycles. The van der Waals surface area contributed by atoms with Crippen LogP contribution in [0.15, 0.2) is 70.1 Å². The van der Waals surface area contributed by atoms with E-state index in [0.29, 0.717) is 16.6 Å². The van der Waals surface area contributed by atoms with E-state index in [1.54, 1.807) is 30.3 Å². The van der Waals surface area contributed by atoms with Crippen molar-refractivity contribution in [3.05, 3.63) is 76.7 Å². The number of rotatable bonds is 4. The number of nitro groups is 1. The highest BCUT2D eigenvalue weighted by Gasteiger charge is 2.36. The monoisotopic (exact) mass is 408 g/mol. The average Bonchev–Trinajstić information content (AvgIpc) is 3.27. The topological polar surface area (TPSA) is 119 Å². The van der Waals surface area contributed by atoms with E-state index in [2.05, 4.69) is 10.1 Å². The lowest BCUT2D eigenvalue weighted by Crippen LogP contribution is -2.26. The van der Waals surface area contributed by atoms with Crippen molar-refractivity contribution >= 4 is 32.2 Å². The fourth-order valence-electron chi connectivity index (χ4n) is 3.45. The Bertz CT molecular complexity index is 1390. The minimum Gasteiger partial charge on any atom is -0.337 e. The van der Waals surface area contributed by atoms with Crippen molar-refractivity contribution < 1.29 is 17.9 Å². The third-order valence-electron chi connectivity index (χ3n) is 4.74. The van der Waals surface area contributed by atoms with Crippen LogP contribution in [0, 0.1) is 10.1 Å². The lowest BCUT2D eigenvalue weighted by molar-refractivity contribution is -0.384. The van der Waals surface area contributed by atoms with Gasteiger partial charge in [-0.25, -0.2) is 8.42 Å². The highest BCUT2D eigenvalue weighted by atomic mass is 32.2. The van der Waals surface area contributed by atoms with Crippen molar-refractivity contribution in [1.82, 2.24) is 10.1 Å². The average molecular weight is 408 g/mol. The molecule has 4 aromatic rings. The van der Waals surface area contributed by atoms with E-state index in [1.165, 1.54) is 22.5 Å². The molecule has 0 saturated heterocycles. The van der Waals surface area contributed by atoms with Gasteiger partial charge in [-0.3, -0.25) is 14.4 Å². The second kappa shape index (κ2) is 6.11. The van der Waals surface area contributed by atoms with Gasteiger partial charge in [-0.15, -0.1) is 0 Å². The summed E-state index contributed by atoms with van der Waals surface area (Å²) in [5, 5.41) is 16.3. The van der Waals surface area contributed by atoms with E-state index >= 15 is 0 Å². The second-order valence-electron chi connectivity index (χ2n) is 6.46. The maximum Gasteiger partial charge on any atom is 0.270 e. The number of hydrogen-bond acceptors (Lipinski definition) is 7. The zero-order valence-electron chi connectivity index (χ0n) is 14.7. The number of nitro benzene ring substituents is 1. The molecule has 3 aromatic carbocycles. The molecule has 1 aliphatic rings. The molecular weight excluding hydrogens is 396 g/mol. The zero-order valence-corrected chi connectivity index (χ0v) is 15.5. The number of benzene rings is 3. The summed E-state index contributed by atoms with van der Waals surface area (Å²) in [7, 11) is -3.75. The molecule has 0 radical (unpaired) electrons. The van der Waals surface area contributed by atoms with E-state index in [1.807, 2.05) is 12.1 Å². The molecule has 1 aromatic heterocycles. The van der Waals surface area contributed by atoms with Crippen LogP contribution in [-0.4, -0.2) is 23.5 Å². The summed E-state index contributed by atoms with van der Waals surface area (Å²) in [5.41, 5.74) is 0.857. The lowest BCUT2D eigenvalue weighted by atomic mass is 10.1. The molecule has 29 heavy (non-hydrogen) atoms. The van der Waals surface area contributed by atoms with E-state index < -0.39 is 14.9 Å². The Kier molecular flexibility index (Phi) is 3.65. The Morgan fingerprint density at radius 3 is 2.62 bits per heavy atom. The molecule has 0 unspecified atom stereocenters. The highest BCUT2D eigenvalue weighted by molar-refractivity contribution is 7.93. The third-order valence-corrected chi connectivity index (χ3v) is 6.55. The van der Waals surface area contributed by atoms with E-state index in [9.17, 15) is 18.5 Å². The van der Waals surface area contributed by atoms with Crippen LogP contribution in [0.5, 0.6) is 0 Å². The minimum absolute atomic E-state index is 0.0832. The summed E-state index contributed by atoms with van der Waals surface area (Å²) in [5.74, 6) is 0.232. The van der Waals surface area contributed by atoms with Crippen LogP contribution in [0.2, 0.25) is 0 Å². The van der Waals surface area contributed by atoms with Crippen LogP contribution in [-0.2, 0) is 16.6 Å². The quantitative estimate of drug-likeness (QED) is 0.374. The minimum atomic E-state index is -3.75. The molecule has 5 rings (SSSR count). The van der Waals surface area contributed by atoms with Crippen LogP contribution >= 0.6 is 0 Å². The first-order valence-corrected chi connectivity index (χ1v) is 10.0. The van der Waals surface area contributed by atoms with Crippen molar-refractivity contribution in [3.8, 4) is 11.4 Å². The fraction of sp³-hybridized carbons (Fsp3) is 0.0526. The Balaban J connectivity index is 1.52. The van der Waals surface area contributed by atoms with Crippen LogP contribution in [0.4, 0.5) is 11.4 Å². The third kappa shape index (κ3) is 2.64. The van der Waals surface area contributed by atoms with Gasteiger partial charge >= 0.3 is 0 Å². The van der Waals surface area contributed by atoms with Gasteiger partial charge in [0.15, 0.2) is 0 Å². The molecule has 0 atom stereocenters. The molecule has 9 nitrogen and oxygen atoms in total. The lowest BCUT2D eigenvalue weighted by Gasteiger charge is -2.16. The number of sulfonamides is 1. The molecule has 0 amide bonds. The molecule has 0 bridgehead atoms. The van der Waals surface area contributed by atoms with Gasteiger partial charge in [-0.2, -0.15) is 4.98 Å². The summed E-state index contributed by atoms with van der Waals surface area (Å²) in [6.07, 6.45) is 0. The first-order valence-electron chi connectivity index (χ1n) is 8.57. The van der Waals surface area contributed by atoms with Gasteiger partial charge in [0.25, 0.3) is 15.7 Å². The highest BCUT2D eigenvalue weighted by Crippen LogP contribution is 2.42. The van der Waals surface area contributed by atoms with Crippen LogP contribution in [0.25, 0.3) is 22.2 Å². The smallest absolute Gasteiger partial charge is 0.270 e. The second-order valence-corrected chi connectivity index (χ2v) is 8.29. The van der Waals surface area contributed by atoms with Gasteiger partial charge < -0.3 is 4.52 Å². The van der Waals surface area contributed by atoms with E-state index in [-0.39, 0.29) is 28.8 Å². The predicted molar refractivity (Wildman–Crippen MR) is 104 cm³/mol. The fourth-order valence-corrected chi connectivity index (χ4v) is 5.11. The van der Waals surface area contributed by atoms with Crippen LogP contribution < -0.4 is 4.31 Å². The molecular formula is C19H12N4O5S. The summed E-state index contributed by atoms with van der Waals surface area (Å²) in [4.78, 5) is 14.9. The number of nitrogens with zero attached hydrogens (tertiary/aromatic N) is 4. The maximum absolute atomic E-state index is 13.0. The molecule has 0 saturated carbocycles. The zero-order chi connectivity index (χ0) is 20.2. The molecule has 0 aliphatic carbocycles. The summed E-state index contributed by atoms with van der Waals surface area (Å²) < 4.78 is 32.5. The first kappa shape index (κ1) is 17.3. The number of anilines is 1. The Morgan fingerprint density at radius 2 is 1.83 bits per heavy atom. The normalized spacial score (nSPS) is 14.4. The number of non-ortho nitro benzene ring substituents is 1. The number of aromatic nitrogens is 2. The molecule has 144 valence electrons. The molecule has 0 N–H and O–H groups in total. The SMILES string of the molecule is O=[N+]([O-])c1cccc(-c2noc(CN3c4cccc5cccc(c45)S3(=O)=O)n2)c1. The maximum atomic E-state index is 13.0. The van der Waals surface area contributed by atoms with Crippen LogP contribution in [0.3, 0.4) is 0 Å². The van der Waals surface area contributed by atoms with Crippen molar-refractivity contribution in [2.24, 2.45) is 0 Å². The van der Waals surface area contributed by atoms with Gasteiger partial charge in [0.1, 0.15) is 6.54 Å². The Labute approximate surface area is 164 Å². The van der Waals surface area contributed by atoms with E-state index in [0.717, 1.165) is 5.39 Å². The molecule has 1 aliphatic heterocycles. The summed E-state index contributed by atoms with van der Waals surface area (Å²) in [6.45, 7) is -0.141. The standard InChI is InChI=1S/C19H12N4O5S/c24-23(25)14-7-1-6-13(10-14)19-20-17(28-21-19)11-22-15-8-2-4-12-5-3-9-16(18(12)15)29(22,26)27/h1-10H,11H2. The van der Waals surface area contributed by atoms with Crippen molar-refractivity contribution in [1.29, 1.82) is 0 Å². The summed E-state index contributed by atoms with van der Waals surface area (Å²) >= 11 is 0. The van der Waals surface area contributed by atoms with Gasteiger partial charge in [0.05, 0.1) is 15.5 Å². The Morgan fingerprint density at radius 1 is 1.07 bits per heavy atom. The molecule has 10 heteroatoms. The van der Waals surface area contributed by atoms with Gasteiger partial charge in [-0.05, 0) is 17.5 Å². The van der Waals surface area contributed by atoms with Gasteiger partial charge in [0.2, 0.25) is 11.7 Å². The van der Waals surface area contributed by atoms with Crippen LogP contribution in [0.1, 0.15) is 5.89 Å². The van der Waals surface area contributed by atoms with Crippen molar-refractivity contribution in [3.63, 3.8) is 0 Å². The molecule has 0 spiro atoms. The van der Waals surface area contributed by atoms with Crippen molar-refractivity contribution in [2.75, 3.05) is 4.31 Å². The first-order chi connectivity index (χ1) is 13.9. The van der Waals surface area contributed by atoms with Gasteiger partial charge in [0, 0.05) is 23.1 Å². The summed E-state index contributed by atoms with van der Waals surface area (Å²) in [6, 6.07) is 16.3. The van der Waals surface area contributed by atoms with Crippen molar-refractivity contribution in [2.45, 2.75) is 11.4 Å². The van der Waals surface area contributed by atoms with Gasteiger partial charge in [-0.1, -0.05) is 41.6 Å². The number of hydrogen-bond donors (Lipinski definition) is 0. The largest absolute Gasteiger partial charge is 0.337 e.